The van der Waals surface area contributed by atoms with E-state index in [1.165, 1.54) is 0 Å². The maximum Gasteiger partial charge on any atom is 0.247 e. The highest BCUT2D eigenvalue weighted by molar-refractivity contribution is 5.53. The summed E-state index contributed by atoms with van der Waals surface area (Å²) in [7, 11) is 0. The highest BCUT2D eigenvalue weighted by atomic mass is 16.5. The smallest absolute Gasteiger partial charge is 0.247 e. The summed E-state index contributed by atoms with van der Waals surface area (Å²) in [5, 5.41) is 17.6. The van der Waals surface area contributed by atoms with Gasteiger partial charge in [-0.15, -0.1) is 10.2 Å². The molecule has 0 saturated carbocycles. The number of ether oxygens (including phenoxy) is 1. The Morgan fingerprint density at radius 3 is 3.10 bits per heavy atom. The van der Waals surface area contributed by atoms with Crippen LogP contribution in [-0.2, 0) is 11.3 Å². The molecule has 3 rings (SSSR count). The first kappa shape index (κ1) is 14.2. The number of morpholine rings is 1. The number of aliphatic hydroxyl groups excluding tert-OH is 1. The lowest BCUT2D eigenvalue weighted by Gasteiger charge is -2.33. The van der Waals surface area contributed by atoms with Crippen molar-refractivity contribution >= 4 is 0 Å². The molecule has 2 aromatic rings. The predicted molar refractivity (Wildman–Crippen MR) is 76.6 cm³/mol. The summed E-state index contributed by atoms with van der Waals surface area (Å²) >= 11 is 0. The Morgan fingerprint density at radius 2 is 2.29 bits per heavy atom. The Kier molecular flexibility index (Phi) is 4.28. The number of hydrogen-bond donors (Lipinski definition) is 1. The van der Waals surface area contributed by atoms with Crippen LogP contribution in [0.4, 0.5) is 0 Å². The summed E-state index contributed by atoms with van der Waals surface area (Å²) in [5.41, 5.74) is 2.08. The Bertz CT molecular complexity index is 599. The van der Waals surface area contributed by atoms with Crippen molar-refractivity contribution in [3.8, 4) is 11.5 Å². The molecule has 6 heteroatoms. The number of rotatable bonds is 4. The fourth-order valence-electron chi connectivity index (χ4n) is 2.45. The molecule has 0 radical (unpaired) electrons. The van der Waals surface area contributed by atoms with Crippen molar-refractivity contribution in [2.75, 3.05) is 26.4 Å². The SMILES string of the molecule is Cc1cccc(-c2nnc(CN3CCOCC3CO)o2)c1. The molecular formula is C15H19N3O3. The third-order valence-corrected chi connectivity index (χ3v) is 3.63. The minimum absolute atomic E-state index is 0.00642. The Morgan fingerprint density at radius 1 is 1.38 bits per heavy atom. The van der Waals surface area contributed by atoms with Crippen LogP contribution in [0.2, 0.25) is 0 Å². The van der Waals surface area contributed by atoms with Crippen molar-refractivity contribution in [2.24, 2.45) is 0 Å². The van der Waals surface area contributed by atoms with Crippen LogP contribution in [0.3, 0.4) is 0 Å². The Balaban J connectivity index is 1.73. The first-order valence-corrected chi connectivity index (χ1v) is 7.08. The molecule has 6 nitrogen and oxygen atoms in total. The lowest BCUT2D eigenvalue weighted by atomic mass is 10.1. The molecule has 0 aliphatic carbocycles. The van der Waals surface area contributed by atoms with Gasteiger partial charge in [0.1, 0.15) is 0 Å². The normalized spacial score (nSPS) is 19.8. The second-order valence-corrected chi connectivity index (χ2v) is 5.25. The lowest BCUT2D eigenvalue weighted by Crippen LogP contribution is -2.46. The molecule has 1 aliphatic rings. The van der Waals surface area contributed by atoms with Crippen LogP contribution in [-0.4, -0.2) is 52.6 Å². The number of benzene rings is 1. The summed E-state index contributed by atoms with van der Waals surface area (Å²) in [4.78, 5) is 2.11. The van der Waals surface area contributed by atoms with E-state index in [0.717, 1.165) is 17.7 Å². The fourth-order valence-corrected chi connectivity index (χ4v) is 2.45. The third-order valence-electron chi connectivity index (χ3n) is 3.63. The van der Waals surface area contributed by atoms with Gasteiger partial charge in [-0.3, -0.25) is 4.90 Å². The van der Waals surface area contributed by atoms with Gasteiger partial charge in [-0.05, 0) is 19.1 Å². The maximum absolute atomic E-state index is 9.36. The van der Waals surface area contributed by atoms with Gasteiger partial charge < -0.3 is 14.3 Å². The van der Waals surface area contributed by atoms with Crippen molar-refractivity contribution in [3.63, 3.8) is 0 Å². The first-order valence-electron chi connectivity index (χ1n) is 7.08. The maximum atomic E-state index is 9.36. The van der Waals surface area contributed by atoms with Gasteiger partial charge in [0.15, 0.2) is 0 Å². The van der Waals surface area contributed by atoms with Crippen LogP contribution in [0.25, 0.3) is 11.5 Å². The van der Waals surface area contributed by atoms with Crippen molar-refractivity contribution in [2.45, 2.75) is 19.5 Å². The van der Waals surface area contributed by atoms with Crippen LogP contribution in [0.5, 0.6) is 0 Å². The molecule has 1 aromatic heterocycles. The first-order chi connectivity index (χ1) is 10.3. The largest absolute Gasteiger partial charge is 0.419 e. The molecular weight excluding hydrogens is 270 g/mol. The number of aryl methyl sites for hydroxylation is 1. The summed E-state index contributed by atoms with van der Waals surface area (Å²) in [6.45, 7) is 4.59. The van der Waals surface area contributed by atoms with Crippen LogP contribution in [0, 0.1) is 6.92 Å². The van der Waals surface area contributed by atoms with E-state index in [0.29, 0.717) is 31.5 Å². The molecule has 2 heterocycles. The molecule has 1 atom stereocenters. The van der Waals surface area contributed by atoms with Crippen LogP contribution in [0.15, 0.2) is 28.7 Å². The highest BCUT2D eigenvalue weighted by Gasteiger charge is 2.24. The topological polar surface area (TPSA) is 71.6 Å². The van der Waals surface area contributed by atoms with Gasteiger partial charge in [-0.25, -0.2) is 0 Å². The van der Waals surface area contributed by atoms with E-state index in [9.17, 15) is 5.11 Å². The molecule has 1 N–H and O–H groups in total. The van der Waals surface area contributed by atoms with Gasteiger partial charge in [-0.2, -0.15) is 0 Å². The van der Waals surface area contributed by atoms with E-state index in [-0.39, 0.29) is 12.6 Å². The number of nitrogens with zero attached hydrogens (tertiary/aromatic N) is 3. The Labute approximate surface area is 123 Å². The predicted octanol–water partition coefficient (Wildman–Crippen LogP) is 1.24. The average Bonchev–Trinajstić information content (AvgIpc) is 2.96. The minimum Gasteiger partial charge on any atom is -0.419 e. The second-order valence-electron chi connectivity index (χ2n) is 5.25. The molecule has 0 spiro atoms. The van der Waals surface area contributed by atoms with Crippen molar-refractivity contribution in [1.29, 1.82) is 0 Å². The average molecular weight is 289 g/mol. The summed E-state index contributed by atoms with van der Waals surface area (Å²) < 4.78 is 11.1. The monoisotopic (exact) mass is 289 g/mol. The van der Waals surface area contributed by atoms with Gasteiger partial charge in [0.25, 0.3) is 0 Å². The van der Waals surface area contributed by atoms with E-state index < -0.39 is 0 Å². The second kappa shape index (κ2) is 6.34. The van der Waals surface area contributed by atoms with E-state index in [1.54, 1.807) is 0 Å². The highest BCUT2D eigenvalue weighted by Crippen LogP contribution is 2.20. The molecule has 21 heavy (non-hydrogen) atoms. The molecule has 0 amide bonds. The zero-order chi connectivity index (χ0) is 14.7. The zero-order valence-corrected chi connectivity index (χ0v) is 12.0. The molecule has 1 saturated heterocycles. The van der Waals surface area contributed by atoms with Crippen LogP contribution in [0.1, 0.15) is 11.5 Å². The van der Waals surface area contributed by atoms with Crippen LogP contribution >= 0.6 is 0 Å². The van der Waals surface area contributed by atoms with E-state index in [4.69, 9.17) is 9.15 Å². The minimum atomic E-state index is -0.00642. The van der Waals surface area contributed by atoms with Crippen molar-refractivity contribution < 1.29 is 14.3 Å². The van der Waals surface area contributed by atoms with Crippen LogP contribution < -0.4 is 0 Å². The molecule has 1 aromatic carbocycles. The van der Waals surface area contributed by atoms with Gasteiger partial charge in [-0.1, -0.05) is 17.7 Å². The van der Waals surface area contributed by atoms with Gasteiger partial charge in [0.05, 0.1) is 32.4 Å². The van der Waals surface area contributed by atoms with Gasteiger partial charge in [0, 0.05) is 12.1 Å². The van der Waals surface area contributed by atoms with Gasteiger partial charge >= 0.3 is 0 Å². The zero-order valence-electron chi connectivity index (χ0n) is 12.0. The lowest BCUT2D eigenvalue weighted by molar-refractivity contribution is -0.0342. The third kappa shape index (κ3) is 3.29. The quantitative estimate of drug-likeness (QED) is 0.913. The van der Waals surface area contributed by atoms with E-state index in [2.05, 4.69) is 15.1 Å². The summed E-state index contributed by atoms with van der Waals surface area (Å²) in [6.07, 6.45) is 0. The molecule has 112 valence electrons. The Hall–Kier alpha value is -1.76. The summed E-state index contributed by atoms with van der Waals surface area (Å²) in [5.74, 6) is 1.09. The standard InChI is InChI=1S/C15H19N3O3/c1-11-3-2-4-12(7-11)15-17-16-14(21-15)8-18-5-6-20-10-13(18)9-19/h2-4,7,13,19H,5-6,8-10H2,1H3. The fraction of sp³-hybridized carbons (Fsp3) is 0.467. The molecule has 0 bridgehead atoms. The summed E-state index contributed by atoms with van der Waals surface area (Å²) in [6, 6.07) is 7.96. The van der Waals surface area contributed by atoms with Gasteiger partial charge in [0.2, 0.25) is 11.8 Å². The molecule has 1 unspecified atom stereocenters. The number of hydrogen-bond acceptors (Lipinski definition) is 6. The number of aromatic nitrogens is 2. The van der Waals surface area contributed by atoms with E-state index in [1.807, 2.05) is 31.2 Å². The van der Waals surface area contributed by atoms with Crippen molar-refractivity contribution in [3.05, 3.63) is 35.7 Å². The molecule has 1 fully saturated rings. The van der Waals surface area contributed by atoms with Crippen molar-refractivity contribution in [1.82, 2.24) is 15.1 Å². The number of aliphatic hydroxyl groups is 1. The van der Waals surface area contributed by atoms with E-state index >= 15 is 0 Å². The molecule has 1 aliphatic heterocycles.